The van der Waals surface area contributed by atoms with Gasteiger partial charge in [-0.05, 0) is 35.4 Å². The fourth-order valence-electron chi connectivity index (χ4n) is 3.17. The summed E-state index contributed by atoms with van der Waals surface area (Å²) in [5.41, 5.74) is 5.28. The van der Waals surface area contributed by atoms with E-state index in [0.29, 0.717) is 27.3 Å². The van der Waals surface area contributed by atoms with Crippen LogP contribution < -0.4 is 10.7 Å². The van der Waals surface area contributed by atoms with Gasteiger partial charge in [-0.25, -0.2) is 5.43 Å². The number of carbonyl (C=O) groups excluding carboxylic acids is 2. The fourth-order valence-corrected chi connectivity index (χ4v) is 4.14. The van der Waals surface area contributed by atoms with Crippen molar-refractivity contribution < 1.29 is 14.5 Å². The highest BCUT2D eigenvalue weighted by Gasteiger charge is 2.22. The number of carbonyl (C=O) groups is 2. The van der Waals surface area contributed by atoms with E-state index < -0.39 is 10.8 Å². The predicted octanol–water partition coefficient (Wildman–Crippen LogP) is 5.34. The van der Waals surface area contributed by atoms with Crippen molar-refractivity contribution in [2.75, 3.05) is 5.32 Å². The van der Waals surface area contributed by atoms with E-state index in [-0.39, 0.29) is 11.6 Å². The molecule has 0 aliphatic heterocycles. The number of non-ortho nitro benzene ring substituents is 1. The van der Waals surface area contributed by atoms with Crippen LogP contribution in [0.5, 0.6) is 0 Å². The summed E-state index contributed by atoms with van der Waals surface area (Å²) in [5, 5.41) is 19.8. The van der Waals surface area contributed by atoms with Crippen molar-refractivity contribution in [1.82, 2.24) is 5.43 Å². The molecule has 0 saturated carbocycles. The lowest BCUT2D eigenvalue weighted by Crippen LogP contribution is -2.20. The number of benzene rings is 3. The largest absolute Gasteiger partial charge is 0.313 e. The molecular formula is C25H18N4O4S. The third-order valence-corrected chi connectivity index (χ3v) is 5.74. The molecular weight excluding hydrogens is 452 g/mol. The highest BCUT2D eigenvalue weighted by atomic mass is 32.1. The molecule has 2 N–H and O–H groups in total. The van der Waals surface area contributed by atoms with Gasteiger partial charge in [0.05, 0.1) is 16.7 Å². The van der Waals surface area contributed by atoms with Crippen LogP contribution in [-0.4, -0.2) is 23.0 Å². The summed E-state index contributed by atoms with van der Waals surface area (Å²) < 4.78 is 0. The van der Waals surface area contributed by atoms with Crippen molar-refractivity contribution in [3.8, 4) is 11.1 Å². The summed E-state index contributed by atoms with van der Waals surface area (Å²) in [6.07, 6.45) is 1.39. The van der Waals surface area contributed by atoms with Crippen LogP contribution in [0.3, 0.4) is 0 Å². The fraction of sp³-hybridized carbons (Fsp3) is 0. The van der Waals surface area contributed by atoms with Crippen LogP contribution in [0.1, 0.15) is 26.3 Å². The van der Waals surface area contributed by atoms with Crippen molar-refractivity contribution in [1.29, 1.82) is 0 Å². The van der Waals surface area contributed by atoms with E-state index in [4.69, 9.17) is 0 Å². The molecule has 8 nitrogen and oxygen atoms in total. The second kappa shape index (κ2) is 10.3. The molecule has 0 bridgehead atoms. The van der Waals surface area contributed by atoms with Crippen molar-refractivity contribution in [3.05, 3.63) is 117 Å². The summed E-state index contributed by atoms with van der Waals surface area (Å²) in [6.45, 7) is 0. The predicted molar refractivity (Wildman–Crippen MR) is 132 cm³/mol. The molecule has 4 aromatic rings. The molecule has 168 valence electrons. The van der Waals surface area contributed by atoms with E-state index in [1.54, 1.807) is 24.3 Å². The first-order valence-electron chi connectivity index (χ1n) is 10.1. The third-order valence-electron chi connectivity index (χ3n) is 4.85. The monoisotopic (exact) mass is 470 g/mol. The van der Waals surface area contributed by atoms with E-state index >= 15 is 0 Å². The molecule has 3 aromatic carbocycles. The highest BCUT2D eigenvalue weighted by Crippen LogP contribution is 2.35. The zero-order chi connectivity index (χ0) is 23.9. The molecule has 0 saturated heterocycles. The molecule has 0 aliphatic carbocycles. The Kier molecular flexibility index (Phi) is 6.85. The maximum atomic E-state index is 13.1. The second-order valence-electron chi connectivity index (χ2n) is 7.09. The van der Waals surface area contributed by atoms with Crippen molar-refractivity contribution in [3.63, 3.8) is 0 Å². The Morgan fingerprint density at radius 1 is 0.882 bits per heavy atom. The molecule has 4 rings (SSSR count). The van der Waals surface area contributed by atoms with Gasteiger partial charge in [0.15, 0.2) is 0 Å². The number of hydrazone groups is 1. The van der Waals surface area contributed by atoms with E-state index in [1.165, 1.54) is 41.8 Å². The lowest BCUT2D eigenvalue weighted by atomic mass is 10.0. The van der Waals surface area contributed by atoms with E-state index in [2.05, 4.69) is 15.8 Å². The number of anilines is 1. The van der Waals surface area contributed by atoms with Crippen LogP contribution in [0.2, 0.25) is 0 Å². The topological polar surface area (TPSA) is 114 Å². The molecule has 0 unspecified atom stereocenters. The number of amides is 2. The van der Waals surface area contributed by atoms with E-state index in [9.17, 15) is 19.7 Å². The minimum Gasteiger partial charge on any atom is -0.313 e. The van der Waals surface area contributed by atoms with E-state index in [1.807, 2.05) is 41.8 Å². The Hall–Kier alpha value is -4.63. The van der Waals surface area contributed by atoms with Gasteiger partial charge in [-0.1, -0.05) is 48.5 Å². The summed E-state index contributed by atoms with van der Waals surface area (Å²) in [7, 11) is 0. The number of hydrogen-bond acceptors (Lipinski definition) is 6. The van der Waals surface area contributed by atoms with Gasteiger partial charge in [0.25, 0.3) is 17.5 Å². The molecule has 0 atom stereocenters. The molecule has 34 heavy (non-hydrogen) atoms. The number of thiophene rings is 1. The van der Waals surface area contributed by atoms with Gasteiger partial charge in [-0.15, -0.1) is 11.3 Å². The van der Waals surface area contributed by atoms with E-state index in [0.717, 1.165) is 5.56 Å². The molecule has 0 fully saturated rings. The number of nitrogens with one attached hydrogen (secondary N) is 2. The van der Waals surface area contributed by atoms with Crippen molar-refractivity contribution in [2.45, 2.75) is 0 Å². The second-order valence-corrected chi connectivity index (χ2v) is 7.97. The first kappa shape index (κ1) is 22.6. The minimum atomic E-state index is -0.498. The number of nitro benzene ring substituents is 1. The molecule has 0 radical (unpaired) electrons. The number of rotatable bonds is 7. The zero-order valence-corrected chi connectivity index (χ0v) is 18.5. The smallest absolute Gasteiger partial charge is 0.275 e. The standard InChI is InChI=1S/C25H18N4O4S/c30-23(19-9-5-2-6-10-19)27-25-22(21(16-34-25)18-7-3-1-4-8-18)24(31)28-26-15-17-11-13-20(14-12-17)29(32)33/h1-16H,(H,27,30)(H,28,31). The van der Waals surface area contributed by atoms with Crippen molar-refractivity contribution >= 4 is 40.1 Å². The van der Waals surface area contributed by atoms with Crippen LogP contribution in [0, 0.1) is 10.1 Å². The van der Waals surface area contributed by atoms with Crippen LogP contribution in [0.4, 0.5) is 10.7 Å². The molecule has 1 aromatic heterocycles. The lowest BCUT2D eigenvalue weighted by molar-refractivity contribution is -0.384. The average Bonchev–Trinajstić information content (AvgIpc) is 3.29. The number of nitrogens with zero attached hydrogens (tertiary/aromatic N) is 2. The van der Waals surface area contributed by atoms with Crippen LogP contribution in [0.25, 0.3) is 11.1 Å². The van der Waals surface area contributed by atoms with Gasteiger partial charge in [-0.2, -0.15) is 5.10 Å². The first-order chi connectivity index (χ1) is 16.5. The Morgan fingerprint density at radius 2 is 1.53 bits per heavy atom. The van der Waals surface area contributed by atoms with Crippen LogP contribution in [0.15, 0.2) is 95.4 Å². The van der Waals surface area contributed by atoms with Crippen molar-refractivity contribution in [2.24, 2.45) is 5.10 Å². The summed E-state index contributed by atoms with van der Waals surface area (Å²) in [5.74, 6) is -0.827. The Balaban J connectivity index is 1.59. The van der Waals surface area contributed by atoms with Gasteiger partial charge < -0.3 is 5.32 Å². The highest BCUT2D eigenvalue weighted by molar-refractivity contribution is 7.15. The normalized spacial score (nSPS) is 10.7. The van der Waals surface area contributed by atoms with Gasteiger partial charge in [-0.3, -0.25) is 19.7 Å². The Labute approximate surface area is 198 Å². The van der Waals surface area contributed by atoms with Crippen LogP contribution in [-0.2, 0) is 0 Å². The number of nitro groups is 1. The SMILES string of the molecule is O=C(Nc1scc(-c2ccccc2)c1C(=O)NN=Cc1ccc([N+](=O)[O-])cc1)c1ccccc1. The third kappa shape index (κ3) is 5.22. The minimum absolute atomic E-state index is 0.0363. The Bertz CT molecular complexity index is 1350. The van der Waals surface area contributed by atoms with Gasteiger partial charge >= 0.3 is 0 Å². The summed E-state index contributed by atoms with van der Waals surface area (Å²) in [6, 6.07) is 23.8. The van der Waals surface area contributed by atoms with Crippen LogP contribution >= 0.6 is 11.3 Å². The Morgan fingerprint density at radius 3 is 2.18 bits per heavy atom. The quantitative estimate of drug-likeness (QED) is 0.216. The number of hydrogen-bond donors (Lipinski definition) is 2. The van der Waals surface area contributed by atoms with Gasteiger partial charge in [0.2, 0.25) is 0 Å². The van der Waals surface area contributed by atoms with Gasteiger partial charge in [0.1, 0.15) is 5.00 Å². The average molecular weight is 471 g/mol. The lowest BCUT2D eigenvalue weighted by Gasteiger charge is -2.08. The molecule has 0 spiro atoms. The molecule has 0 aliphatic rings. The maximum absolute atomic E-state index is 13.1. The maximum Gasteiger partial charge on any atom is 0.275 e. The van der Waals surface area contributed by atoms with Gasteiger partial charge in [0, 0.05) is 28.6 Å². The molecule has 1 heterocycles. The summed E-state index contributed by atoms with van der Waals surface area (Å²) >= 11 is 1.25. The summed E-state index contributed by atoms with van der Waals surface area (Å²) in [4.78, 5) is 36.1. The molecule has 9 heteroatoms. The first-order valence-corrected chi connectivity index (χ1v) is 11.0. The zero-order valence-electron chi connectivity index (χ0n) is 17.7. The molecule has 2 amide bonds.